The van der Waals surface area contributed by atoms with Gasteiger partial charge in [-0.1, -0.05) is 36.4 Å². The van der Waals surface area contributed by atoms with Gasteiger partial charge in [0, 0.05) is 0 Å². The number of allylic oxidation sites excluding steroid dienone is 1. The van der Waals surface area contributed by atoms with Crippen LogP contribution < -0.4 is 0 Å². The van der Waals surface area contributed by atoms with Crippen molar-refractivity contribution in [2.75, 3.05) is 0 Å². The zero-order chi connectivity index (χ0) is 8.27. The van der Waals surface area contributed by atoms with Crippen LogP contribution in [-0.4, -0.2) is 5.11 Å². The third-order valence-corrected chi connectivity index (χ3v) is 1.65. The summed E-state index contributed by atoms with van der Waals surface area (Å²) in [6.07, 6.45) is 0. The summed E-state index contributed by atoms with van der Waals surface area (Å²) in [7, 11) is 0. The minimum Gasteiger partial charge on any atom is -0.392 e. The zero-order valence-corrected chi connectivity index (χ0v) is 6.67. The van der Waals surface area contributed by atoms with E-state index in [1.165, 1.54) is 0 Å². The van der Waals surface area contributed by atoms with Gasteiger partial charge in [0.1, 0.15) is 0 Å². The molecule has 1 heteroatoms. The number of aliphatic hydroxyl groups excluding tert-OH is 1. The Hall–Kier alpha value is -1.08. The monoisotopic (exact) mass is 148 g/mol. The maximum Gasteiger partial charge on any atom is 0.0687 e. The summed E-state index contributed by atoms with van der Waals surface area (Å²) in [6.45, 7) is 5.85. The molecule has 0 atom stereocenters. The maximum absolute atomic E-state index is 8.93. The fourth-order valence-corrected chi connectivity index (χ4v) is 1.07. The molecule has 0 aromatic heterocycles. The Morgan fingerprint density at radius 1 is 1.45 bits per heavy atom. The fourth-order valence-electron chi connectivity index (χ4n) is 1.07. The van der Waals surface area contributed by atoms with Crippen molar-refractivity contribution in [1.82, 2.24) is 0 Å². The van der Waals surface area contributed by atoms with E-state index in [0.717, 1.165) is 16.7 Å². The highest BCUT2D eigenvalue weighted by atomic mass is 16.3. The molecule has 0 unspecified atom stereocenters. The molecule has 0 heterocycles. The third-order valence-electron chi connectivity index (χ3n) is 1.65. The molecule has 11 heavy (non-hydrogen) atoms. The van der Waals surface area contributed by atoms with Crippen LogP contribution in [-0.2, 0) is 6.61 Å². The molecular weight excluding hydrogens is 136 g/mol. The Labute approximate surface area is 67.0 Å². The quantitative estimate of drug-likeness (QED) is 0.681. The predicted molar refractivity (Wildman–Crippen MR) is 47.1 cm³/mol. The molecule has 1 aromatic rings. The van der Waals surface area contributed by atoms with Crippen molar-refractivity contribution in [2.24, 2.45) is 0 Å². The second-order valence-corrected chi connectivity index (χ2v) is 2.60. The first-order chi connectivity index (χ1) is 5.25. The molecular formula is C10H12O. The average molecular weight is 148 g/mol. The molecule has 0 bridgehead atoms. The van der Waals surface area contributed by atoms with Gasteiger partial charge in [0.2, 0.25) is 0 Å². The van der Waals surface area contributed by atoms with Crippen LogP contribution in [0.5, 0.6) is 0 Å². The SMILES string of the molecule is C=C(C)c1ccccc1CO. The van der Waals surface area contributed by atoms with Crippen molar-refractivity contribution < 1.29 is 5.11 Å². The summed E-state index contributed by atoms with van der Waals surface area (Å²) in [4.78, 5) is 0. The first-order valence-electron chi connectivity index (χ1n) is 3.60. The van der Waals surface area contributed by atoms with Crippen molar-refractivity contribution >= 4 is 5.57 Å². The Morgan fingerprint density at radius 3 is 2.55 bits per heavy atom. The summed E-state index contributed by atoms with van der Waals surface area (Å²) in [5.74, 6) is 0. The predicted octanol–water partition coefficient (Wildman–Crippen LogP) is 2.21. The number of hydrogen-bond donors (Lipinski definition) is 1. The molecule has 0 saturated heterocycles. The maximum atomic E-state index is 8.93. The zero-order valence-electron chi connectivity index (χ0n) is 6.67. The molecule has 1 N–H and O–H groups in total. The van der Waals surface area contributed by atoms with Gasteiger partial charge in [-0.15, -0.1) is 0 Å². The Balaban J connectivity index is 3.12. The average Bonchev–Trinajstić information content (AvgIpc) is 2.04. The topological polar surface area (TPSA) is 20.2 Å². The molecule has 0 aliphatic rings. The third kappa shape index (κ3) is 1.69. The molecule has 0 aliphatic heterocycles. The number of hydrogen-bond acceptors (Lipinski definition) is 1. The van der Waals surface area contributed by atoms with Gasteiger partial charge in [0.25, 0.3) is 0 Å². The van der Waals surface area contributed by atoms with E-state index in [1.807, 2.05) is 31.2 Å². The van der Waals surface area contributed by atoms with Crippen LogP contribution in [0.3, 0.4) is 0 Å². The van der Waals surface area contributed by atoms with E-state index >= 15 is 0 Å². The molecule has 1 rings (SSSR count). The summed E-state index contributed by atoms with van der Waals surface area (Å²) < 4.78 is 0. The van der Waals surface area contributed by atoms with Crippen molar-refractivity contribution in [3.8, 4) is 0 Å². The molecule has 1 nitrogen and oxygen atoms in total. The van der Waals surface area contributed by atoms with E-state index in [0.29, 0.717) is 0 Å². The summed E-state index contributed by atoms with van der Waals surface area (Å²) >= 11 is 0. The molecule has 0 spiro atoms. The van der Waals surface area contributed by atoms with E-state index in [2.05, 4.69) is 6.58 Å². The lowest BCUT2D eigenvalue weighted by molar-refractivity contribution is 0.281. The lowest BCUT2D eigenvalue weighted by atomic mass is 10.0. The molecule has 58 valence electrons. The minimum atomic E-state index is 0.0863. The molecule has 0 radical (unpaired) electrons. The van der Waals surface area contributed by atoms with Gasteiger partial charge in [-0.25, -0.2) is 0 Å². The number of benzene rings is 1. The van der Waals surface area contributed by atoms with Gasteiger partial charge in [0.05, 0.1) is 6.61 Å². The number of aliphatic hydroxyl groups is 1. The highest BCUT2D eigenvalue weighted by Gasteiger charge is 1.98. The Morgan fingerprint density at radius 2 is 2.09 bits per heavy atom. The fraction of sp³-hybridized carbons (Fsp3) is 0.200. The summed E-state index contributed by atoms with van der Waals surface area (Å²) in [5, 5.41) is 8.93. The van der Waals surface area contributed by atoms with E-state index < -0.39 is 0 Å². The lowest BCUT2D eigenvalue weighted by Crippen LogP contribution is -1.89. The van der Waals surface area contributed by atoms with Crippen LogP contribution in [0.2, 0.25) is 0 Å². The van der Waals surface area contributed by atoms with Crippen molar-refractivity contribution in [3.05, 3.63) is 42.0 Å². The highest BCUT2D eigenvalue weighted by molar-refractivity contribution is 5.64. The van der Waals surface area contributed by atoms with Gasteiger partial charge < -0.3 is 5.11 Å². The van der Waals surface area contributed by atoms with Crippen LogP contribution in [0.4, 0.5) is 0 Å². The second kappa shape index (κ2) is 3.35. The second-order valence-electron chi connectivity index (χ2n) is 2.60. The number of rotatable bonds is 2. The first kappa shape index (κ1) is 8.02. The highest BCUT2D eigenvalue weighted by Crippen LogP contribution is 2.16. The van der Waals surface area contributed by atoms with Gasteiger partial charge in [-0.3, -0.25) is 0 Å². The summed E-state index contributed by atoms with van der Waals surface area (Å²) in [5.41, 5.74) is 2.99. The molecule has 0 amide bonds. The molecule has 1 aromatic carbocycles. The molecule has 0 saturated carbocycles. The molecule has 0 fully saturated rings. The van der Waals surface area contributed by atoms with Gasteiger partial charge in [-0.05, 0) is 18.1 Å². The Kier molecular flexibility index (Phi) is 2.44. The van der Waals surface area contributed by atoms with Crippen LogP contribution in [0, 0.1) is 0 Å². The van der Waals surface area contributed by atoms with E-state index in [9.17, 15) is 0 Å². The van der Waals surface area contributed by atoms with E-state index in [1.54, 1.807) is 0 Å². The molecule has 0 aliphatic carbocycles. The van der Waals surface area contributed by atoms with Crippen molar-refractivity contribution in [2.45, 2.75) is 13.5 Å². The Bertz CT molecular complexity index is 263. The largest absolute Gasteiger partial charge is 0.392 e. The normalized spacial score (nSPS) is 9.64. The van der Waals surface area contributed by atoms with Gasteiger partial charge in [-0.2, -0.15) is 0 Å². The van der Waals surface area contributed by atoms with Crippen molar-refractivity contribution in [3.63, 3.8) is 0 Å². The van der Waals surface area contributed by atoms with Gasteiger partial charge >= 0.3 is 0 Å². The van der Waals surface area contributed by atoms with E-state index in [4.69, 9.17) is 5.11 Å². The van der Waals surface area contributed by atoms with Crippen LogP contribution in [0.15, 0.2) is 30.8 Å². The van der Waals surface area contributed by atoms with E-state index in [-0.39, 0.29) is 6.61 Å². The smallest absolute Gasteiger partial charge is 0.0687 e. The van der Waals surface area contributed by atoms with Crippen LogP contribution in [0.25, 0.3) is 5.57 Å². The van der Waals surface area contributed by atoms with Crippen LogP contribution in [0.1, 0.15) is 18.1 Å². The van der Waals surface area contributed by atoms with Crippen molar-refractivity contribution in [1.29, 1.82) is 0 Å². The standard InChI is InChI=1S/C10H12O/c1-8(2)10-6-4-3-5-9(10)7-11/h3-6,11H,1,7H2,2H3. The minimum absolute atomic E-state index is 0.0863. The van der Waals surface area contributed by atoms with Gasteiger partial charge in [0.15, 0.2) is 0 Å². The first-order valence-corrected chi connectivity index (χ1v) is 3.60. The lowest BCUT2D eigenvalue weighted by Gasteiger charge is -2.04. The summed E-state index contributed by atoms with van der Waals surface area (Å²) in [6, 6.07) is 7.74. The van der Waals surface area contributed by atoms with Crippen LogP contribution >= 0.6 is 0 Å².